The van der Waals surface area contributed by atoms with Gasteiger partial charge in [-0.25, -0.2) is 16.8 Å². The molecule has 0 spiro atoms. The summed E-state index contributed by atoms with van der Waals surface area (Å²) in [5.74, 6) is 0. The molecular formula is C54H78CaN4O6S2. The summed E-state index contributed by atoms with van der Waals surface area (Å²) in [6.45, 7) is 5.86. The van der Waals surface area contributed by atoms with Gasteiger partial charge in [0.2, 0.25) is 0 Å². The quantitative estimate of drug-likeness (QED) is 0.0294. The smallest absolute Gasteiger partial charge is 0.744 e. The van der Waals surface area contributed by atoms with Crippen LogP contribution in [-0.2, 0) is 33.3 Å². The van der Waals surface area contributed by atoms with Crippen LogP contribution in [0, 0.1) is 0 Å². The van der Waals surface area contributed by atoms with Crippen LogP contribution >= 0.6 is 0 Å². The van der Waals surface area contributed by atoms with Crippen molar-refractivity contribution in [3.05, 3.63) is 108 Å². The van der Waals surface area contributed by atoms with E-state index in [9.17, 15) is 25.9 Å². The molecule has 0 saturated heterocycles. The van der Waals surface area contributed by atoms with Crippen LogP contribution in [0.15, 0.2) is 107 Å². The first-order chi connectivity index (χ1) is 32.0. The molecule has 67 heavy (non-hydrogen) atoms. The van der Waals surface area contributed by atoms with Crippen molar-refractivity contribution in [1.82, 2.24) is 0 Å². The fraction of sp³-hybridized carbons (Fsp3) is 0.556. The summed E-state index contributed by atoms with van der Waals surface area (Å²) in [6.07, 6.45) is 31.0. The standard InChI is InChI=1S/2C27H40N2O3S.Ca/c2*1-2-3-4-5-6-7-8-9-10-11-15-18-27-28-25-20-19-24(33(30,31)32)21-26(25)29(27)22-23-16-13-12-14-17-23;/h2*12-14,16-17,19-21,27-28H,2-11,15,18,22H2,1H3,(H,30,31,32);/q;;+2/p-2. The van der Waals surface area contributed by atoms with Crippen LogP contribution in [0.25, 0.3) is 0 Å². The Bertz CT molecular complexity index is 2060. The minimum Gasteiger partial charge on any atom is -0.744 e. The normalized spacial score (nSPS) is 15.2. The number of hydrogen-bond acceptors (Lipinski definition) is 10. The largest absolute Gasteiger partial charge is 2.00 e. The summed E-state index contributed by atoms with van der Waals surface area (Å²) in [5.41, 5.74) is 5.70. The molecular weight excluding hydrogens is 905 g/mol. The third-order valence-corrected chi connectivity index (χ3v) is 14.7. The molecule has 2 N–H and O–H groups in total. The molecule has 2 atom stereocenters. The first-order valence-corrected chi connectivity index (χ1v) is 28.1. The first-order valence-electron chi connectivity index (χ1n) is 25.3. The maximum absolute atomic E-state index is 11.6. The van der Waals surface area contributed by atoms with Crippen LogP contribution in [0.3, 0.4) is 0 Å². The number of benzene rings is 4. The summed E-state index contributed by atoms with van der Waals surface area (Å²) < 4.78 is 69.4. The van der Waals surface area contributed by atoms with E-state index in [0.717, 1.165) is 59.6 Å². The Morgan fingerprint density at radius 1 is 0.433 bits per heavy atom. The summed E-state index contributed by atoms with van der Waals surface area (Å²) in [6, 6.07) is 29.6. The molecule has 364 valence electrons. The van der Waals surface area contributed by atoms with Crippen molar-refractivity contribution in [3.8, 4) is 0 Å². The van der Waals surface area contributed by atoms with E-state index in [1.165, 1.54) is 153 Å². The zero-order valence-corrected chi connectivity index (χ0v) is 44.5. The number of hydrogen-bond donors (Lipinski definition) is 2. The molecule has 4 aromatic rings. The molecule has 4 aromatic carbocycles. The van der Waals surface area contributed by atoms with Gasteiger partial charge in [-0.2, -0.15) is 0 Å². The Morgan fingerprint density at radius 3 is 1.03 bits per heavy atom. The van der Waals surface area contributed by atoms with E-state index >= 15 is 0 Å². The number of anilines is 4. The Kier molecular flexibility index (Phi) is 26.0. The Labute approximate surface area is 435 Å². The molecule has 0 bridgehead atoms. The van der Waals surface area contributed by atoms with E-state index < -0.39 is 20.2 Å². The van der Waals surface area contributed by atoms with E-state index in [-0.39, 0.29) is 59.9 Å². The van der Waals surface area contributed by atoms with Gasteiger partial charge < -0.3 is 29.5 Å². The van der Waals surface area contributed by atoms with Crippen LogP contribution in [0.5, 0.6) is 0 Å². The van der Waals surface area contributed by atoms with Crippen LogP contribution in [0.4, 0.5) is 22.7 Å². The molecule has 6 rings (SSSR count). The predicted octanol–water partition coefficient (Wildman–Crippen LogP) is 13.7. The first kappa shape index (κ1) is 56.7. The number of nitrogens with zero attached hydrogens (tertiary/aromatic N) is 2. The van der Waals surface area contributed by atoms with Gasteiger partial charge in [0.25, 0.3) is 0 Å². The molecule has 0 aromatic heterocycles. The van der Waals surface area contributed by atoms with Gasteiger partial charge in [-0.15, -0.1) is 0 Å². The van der Waals surface area contributed by atoms with E-state index in [0.29, 0.717) is 13.1 Å². The third-order valence-electron chi connectivity index (χ3n) is 13.1. The van der Waals surface area contributed by atoms with Crippen molar-refractivity contribution in [2.24, 2.45) is 0 Å². The Balaban J connectivity index is 0.000000288. The number of fused-ring (bicyclic) bond motifs is 2. The number of rotatable bonds is 30. The fourth-order valence-corrected chi connectivity index (χ4v) is 10.3. The maximum Gasteiger partial charge on any atom is 2.00 e. The molecule has 0 radical (unpaired) electrons. The second-order valence-electron chi connectivity index (χ2n) is 18.5. The van der Waals surface area contributed by atoms with Crippen molar-refractivity contribution in [1.29, 1.82) is 0 Å². The van der Waals surface area contributed by atoms with Gasteiger partial charge in [-0.05, 0) is 73.2 Å². The zero-order valence-electron chi connectivity index (χ0n) is 40.6. The summed E-state index contributed by atoms with van der Waals surface area (Å²) in [5, 5.41) is 7.10. The third kappa shape index (κ3) is 19.8. The molecule has 0 fully saturated rings. The van der Waals surface area contributed by atoms with Crippen molar-refractivity contribution >= 4 is 80.7 Å². The van der Waals surface area contributed by atoms with Crippen LogP contribution in [0.1, 0.15) is 179 Å². The molecule has 0 aliphatic carbocycles. The predicted molar refractivity (Wildman–Crippen MR) is 277 cm³/mol. The molecule has 13 heteroatoms. The molecule has 10 nitrogen and oxygen atoms in total. The van der Waals surface area contributed by atoms with Gasteiger partial charge in [0.15, 0.2) is 0 Å². The Morgan fingerprint density at radius 2 is 0.731 bits per heavy atom. The molecule has 2 aliphatic heterocycles. The zero-order chi connectivity index (χ0) is 47.0. The van der Waals surface area contributed by atoms with Crippen molar-refractivity contribution in [2.45, 2.75) is 203 Å². The second-order valence-corrected chi connectivity index (χ2v) is 21.2. The van der Waals surface area contributed by atoms with Gasteiger partial charge in [-0.1, -0.05) is 203 Å². The van der Waals surface area contributed by atoms with E-state index in [1.54, 1.807) is 12.1 Å². The molecule has 2 aliphatic rings. The van der Waals surface area contributed by atoms with Crippen LogP contribution in [0.2, 0.25) is 0 Å². The Hall–Kier alpha value is -2.84. The molecule has 0 amide bonds. The van der Waals surface area contributed by atoms with Crippen molar-refractivity contribution < 1.29 is 25.9 Å². The SMILES string of the molecule is CCCCCCCCCCCCCC1Nc2ccc(S(=O)(=O)[O-])cc2N1Cc1ccccc1.CCCCCCCCCCCCCC1Nc2ccc(S(=O)(=O)[O-])cc2N1Cc1ccccc1.[Ca+2]. The summed E-state index contributed by atoms with van der Waals surface area (Å²) in [7, 11) is -8.96. The molecule has 2 heterocycles. The molecule has 2 unspecified atom stereocenters. The monoisotopic (exact) mass is 982 g/mol. The van der Waals surface area contributed by atoms with Crippen LogP contribution < -0.4 is 20.4 Å². The van der Waals surface area contributed by atoms with Gasteiger partial charge in [0, 0.05) is 13.1 Å². The fourth-order valence-electron chi connectivity index (χ4n) is 9.31. The average molecular weight is 983 g/mol. The van der Waals surface area contributed by atoms with Gasteiger partial charge >= 0.3 is 37.7 Å². The van der Waals surface area contributed by atoms with Crippen LogP contribution in [-0.4, -0.2) is 76.0 Å². The van der Waals surface area contributed by atoms with Gasteiger partial charge in [0.1, 0.15) is 20.2 Å². The van der Waals surface area contributed by atoms with Crippen molar-refractivity contribution in [3.63, 3.8) is 0 Å². The molecule has 0 saturated carbocycles. The van der Waals surface area contributed by atoms with Crippen molar-refractivity contribution in [2.75, 3.05) is 20.4 Å². The summed E-state index contributed by atoms with van der Waals surface area (Å²) >= 11 is 0. The van der Waals surface area contributed by atoms with Gasteiger partial charge in [-0.3, -0.25) is 0 Å². The number of unbranched alkanes of at least 4 members (excludes halogenated alkanes) is 20. The average Bonchev–Trinajstić information content (AvgIpc) is 3.83. The topological polar surface area (TPSA) is 145 Å². The summed E-state index contributed by atoms with van der Waals surface area (Å²) in [4.78, 5) is 4.07. The van der Waals surface area contributed by atoms with E-state index in [2.05, 4.69) is 58.5 Å². The van der Waals surface area contributed by atoms with E-state index in [1.807, 2.05) is 36.4 Å². The minimum absolute atomic E-state index is 0. The van der Waals surface area contributed by atoms with E-state index in [4.69, 9.17) is 0 Å². The number of nitrogens with one attached hydrogen (secondary N) is 2. The van der Waals surface area contributed by atoms with Gasteiger partial charge in [0.05, 0.1) is 44.9 Å². The second kappa shape index (κ2) is 30.7. The maximum atomic E-state index is 11.6. The minimum atomic E-state index is -4.48.